The van der Waals surface area contributed by atoms with Crippen molar-refractivity contribution in [3.63, 3.8) is 0 Å². The second-order valence-electron chi connectivity index (χ2n) is 10.4. The molecule has 10 heteroatoms. The van der Waals surface area contributed by atoms with Gasteiger partial charge in [-0.25, -0.2) is 9.97 Å². The molecular weight excluding hydrogens is 516 g/mol. The molecule has 2 aliphatic rings. The van der Waals surface area contributed by atoms with E-state index < -0.39 is 0 Å². The van der Waals surface area contributed by atoms with Crippen molar-refractivity contribution < 1.29 is 14.3 Å². The van der Waals surface area contributed by atoms with Crippen molar-refractivity contribution in [2.24, 2.45) is 0 Å². The van der Waals surface area contributed by atoms with Crippen LogP contribution in [0.1, 0.15) is 31.7 Å². The molecular formula is C29H31ClN6O3. The average molecular weight is 547 g/mol. The number of carbonyl (C=O) groups is 1. The molecule has 0 atom stereocenters. The highest BCUT2D eigenvalue weighted by Crippen LogP contribution is 2.41. The minimum atomic E-state index is -0.193. The third-order valence-corrected chi connectivity index (χ3v) is 7.48. The zero-order valence-electron chi connectivity index (χ0n) is 21.9. The van der Waals surface area contributed by atoms with Gasteiger partial charge in [-0.2, -0.15) is 4.98 Å². The van der Waals surface area contributed by atoms with Crippen molar-refractivity contribution in [1.82, 2.24) is 29.7 Å². The second-order valence-corrected chi connectivity index (χ2v) is 10.8. The van der Waals surface area contributed by atoms with Gasteiger partial charge in [-0.15, -0.1) is 0 Å². The molecule has 39 heavy (non-hydrogen) atoms. The molecule has 1 N–H and O–H groups in total. The Morgan fingerprint density at radius 3 is 2.74 bits per heavy atom. The topological polar surface area (TPSA) is 94.4 Å². The molecule has 2 aromatic heterocycles. The zero-order valence-corrected chi connectivity index (χ0v) is 22.7. The van der Waals surface area contributed by atoms with Gasteiger partial charge in [-0.1, -0.05) is 41.9 Å². The summed E-state index contributed by atoms with van der Waals surface area (Å²) in [5.41, 5.74) is 3.03. The van der Waals surface area contributed by atoms with Gasteiger partial charge in [0.1, 0.15) is 23.5 Å². The first-order valence-corrected chi connectivity index (χ1v) is 13.7. The predicted octanol–water partition coefficient (Wildman–Crippen LogP) is 4.33. The second kappa shape index (κ2) is 10.8. The van der Waals surface area contributed by atoms with Crippen LogP contribution in [-0.2, 0) is 11.3 Å². The maximum atomic E-state index is 11.6. The number of imidazole rings is 1. The number of aromatic nitrogens is 4. The highest BCUT2D eigenvalue weighted by atomic mass is 35.5. The molecule has 1 amide bonds. The van der Waals surface area contributed by atoms with Gasteiger partial charge in [-0.3, -0.25) is 9.69 Å². The highest BCUT2D eigenvalue weighted by molar-refractivity contribution is 6.33. The monoisotopic (exact) mass is 546 g/mol. The maximum Gasteiger partial charge on any atom is 0.245 e. The van der Waals surface area contributed by atoms with Crippen LogP contribution in [0.3, 0.4) is 0 Å². The molecule has 3 heterocycles. The summed E-state index contributed by atoms with van der Waals surface area (Å²) in [4.78, 5) is 27.7. The average Bonchev–Trinajstić information content (AvgIpc) is 3.55. The number of benzene rings is 2. The Labute approximate surface area is 232 Å². The molecule has 0 bridgehead atoms. The fourth-order valence-electron chi connectivity index (χ4n) is 4.75. The van der Waals surface area contributed by atoms with Crippen molar-refractivity contribution in [2.75, 3.05) is 32.8 Å². The molecule has 0 unspecified atom stereocenters. The Morgan fingerprint density at radius 2 is 1.97 bits per heavy atom. The zero-order chi connectivity index (χ0) is 26.8. The van der Waals surface area contributed by atoms with Gasteiger partial charge >= 0.3 is 0 Å². The summed E-state index contributed by atoms with van der Waals surface area (Å²) >= 11 is 6.82. The lowest BCUT2D eigenvalue weighted by Gasteiger charge is -2.26. The number of carbonyl (C=O) groups excluding carboxylic acids is 1. The van der Waals surface area contributed by atoms with E-state index in [0.29, 0.717) is 59.9 Å². The van der Waals surface area contributed by atoms with Crippen LogP contribution in [0.2, 0.25) is 5.02 Å². The molecule has 9 nitrogen and oxygen atoms in total. The van der Waals surface area contributed by atoms with Crippen LogP contribution in [-0.4, -0.2) is 68.7 Å². The van der Waals surface area contributed by atoms with E-state index in [2.05, 4.69) is 43.8 Å². The van der Waals surface area contributed by atoms with Crippen LogP contribution < -0.4 is 14.8 Å². The van der Waals surface area contributed by atoms with Gasteiger partial charge in [-0.05, 0) is 49.9 Å². The number of nitrogens with one attached hydrogen (secondary N) is 1. The smallest absolute Gasteiger partial charge is 0.245 e. The van der Waals surface area contributed by atoms with Crippen molar-refractivity contribution in [2.45, 2.75) is 38.3 Å². The van der Waals surface area contributed by atoms with Crippen LogP contribution >= 0.6 is 11.6 Å². The molecule has 0 spiro atoms. The van der Waals surface area contributed by atoms with Crippen LogP contribution in [0.5, 0.6) is 11.6 Å². The lowest BCUT2D eigenvalue weighted by atomic mass is 10.2. The van der Waals surface area contributed by atoms with Gasteiger partial charge in [0.2, 0.25) is 11.8 Å². The van der Waals surface area contributed by atoms with E-state index in [1.165, 1.54) is 6.33 Å². The number of hydrogen-bond donors (Lipinski definition) is 1. The lowest BCUT2D eigenvalue weighted by Crippen LogP contribution is -2.47. The molecule has 1 aliphatic heterocycles. The molecule has 1 saturated carbocycles. The quantitative estimate of drug-likeness (QED) is 0.296. The molecule has 2 fully saturated rings. The first-order valence-electron chi connectivity index (χ1n) is 13.3. The molecule has 0 radical (unpaired) electrons. The SMILES string of the molecule is CC1(Oc2ncnc3c2nc(-c2ccc(OCCCN4CCNC(=O)C4)cc2Cl)n3Cc2ccccc2)CC1. The Morgan fingerprint density at radius 1 is 1.13 bits per heavy atom. The third kappa shape index (κ3) is 5.84. The Balaban J connectivity index is 1.25. The normalized spacial score (nSPS) is 16.7. The maximum absolute atomic E-state index is 11.6. The summed E-state index contributed by atoms with van der Waals surface area (Å²) in [7, 11) is 0. The van der Waals surface area contributed by atoms with Gasteiger partial charge in [0.05, 0.1) is 24.7 Å². The third-order valence-electron chi connectivity index (χ3n) is 7.17. The molecule has 6 rings (SSSR count). The number of piperazine rings is 1. The van der Waals surface area contributed by atoms with Crippen LogP contribution in [0.25, 0.3) is 22.6 Å². The van der Waals surface area contributed by atoms with E-state index in [-0.39, 0.29) is 11.5 Å². The van der Waals surface area contributed by atoms with Crippen molar-refractivity contribution in [3.05, 3.63) is 65.4 Å². The molecule has 1 saturated heterocycles. The molecule has 2 aromatic carbocycles. The van der Waals surface area contributed by atoms with E-state index in [1.807, 2.05) is 36.4 Å². The molecule has 202 valence electrons. The predicted molar refractivity (Wildman–Crippen MR) is 149 cm³/mol. The summed E-state index contributed by atoms with van der Waals surface area (Å²) in [6.07, 6.45) is 4.35. The minimum Gasteiger partial charge on any atom is -0.493 e. The van der Waals surface area contributed by atoms with E-state index >= 15 is 0 Å². The fraction of sp³-hybridized carbons (Fsp3) is 0.379. The van der Waals surface area contributed by atoms with Crippen LogP contribution in [0, 0.1) is 0 Å². The number of hydrogen-bond acceptors (Lipinski definition) is 7. The first-order chi connectivity index (χ1) is 19.0. The number of amides is 1. The van der Waals surface area contributed by atoms with Crippen molar-refractivity contribution in [1.29, 1.82) is 0 Å². The van der Waals surface area contributed by atoms with Crippen molar-refractivity contribution in [3.8, 4) is 23.0 Å². The standard InChI is InChI=1S/C29H31ClN6O3/c1-29(10-11-29)39-28-25-27(32-19-33-28)36(17-20-6-3-2-4-7-20)26(34-25)22-9-8-21(16-23(22)30)38-15-5-13-35-14-12-31-24(37)18-35/h2-4,6-9,16,19H,5,10-15,17-18H2,1H3,(H,31,37). The molecule has 1 aliphatic carbocycles. The van der Waals surface area contributed by atoms with E-state index in [0.717, 1.165) is 43.5 Å². The van der Waals surface area contributed by atoms with Gasteiger partial charge in [0, 0.05) is 25.2 Å². The van der Waals surface area contributed by atoms with Crippen LogP contribution in [0.4, 0.5) is 0 Å². The van der Waals surface area contributed by atoms with Gasteiger partial charge in [0.25, 0.3) is 0 Å². The first kappa shape index (κ1) is 25.6. The summed E-state index contributed by atoms with van der Waals surface area (Å²) in [6.45, 7) is 6.02. The Bertz CT molecular complexity index is 1490. The molecule has 4 aromatic rings. The highest BCUT2D eigenvalue weighted by Gasteiger charge is 2.41. The number of ether oxygens (including phenoxy) is 2. The Hall–Kier alpha value is -3.69. The van der Waals surface area contributed by atoms with Crippen molar-refractivity contribution >= 4 is 28.7 Å². The van der Waals surface area contributed by atoms with Gasteiger partial charge in [0.15, 0.2) is 11.2 Å². The summed E-state index contributed by atoms with van der Waals surface area (Å²) in [5, 5.41) is 3.38. The summed E-state index contributed by atoms with van der Waals surface area (Å²) in [5.74, 6) is 1.96. The largest absolute Gasteiger partial charge is 0.493 e. The lowest BCUT2D eigenvalue weighted by molar-refractivity contribution is -0.124. The summed E-state index contributed by atoms with van der Waals surface area (Å²) < 4.78 is 14.3. The number of nitrogens with zero attached hydrogens (tertiary/aromatic N) is 5. The van der Waals surface area contributed by atoms with E-state index in [4.69, 9.17) is 26.1 Å². The number of rotatable bonds is 10. The van der Waals surface area contributed by atoms with Gasteiger partial charge < -0.3 is 19.4 Å². The fourth-order valence-corrected chi connectivity index (χ4v) is 5.01. The number of fused-ring (bicyclic) bond motifs is 1. The van der Waals surface area contributed by atoms with Crippen LogP contribution in [0.15, 0.2) is 54.9 Å². The summed E-state index contributed by atoms with van der Waals surface area (Å²) in [6, 6.07) is 15.9. The van der Waals surface area contributed by atoms with E-state index in [9.17, 15) is 4.79 Å². The number of halogens is 1. The minimum absolute atomic E-state index is 0.0780. The van der Waals surface area contributed by atoms with E-state index in [1.54, 1.807) is 0 Å². The Kier molecular flexibility index (Phi) is 7.10.